The van der Waals surface area contributed by atoms with Crippen LogP contribution in [0.5, 0.6) is 0 Å². The van der Waals surface area contributed by atoms with Crippen molar-refractivity contribution in [3.8, 4) is 0 Å². The summed E-state index contributed by atoms with van der Waals surface area (Å²) in [4.78, 5) is 2.61. The summed E-state index contributed by atoms with van der Waals surface area (Å²) < 4.78 is 0. The number of hydrogen-bond acceptors (Lipinski definition) is 2. The van der Waals surface area contributed by atoms with Crippen LogP contribution in [0.2, 0.25) is 0 Å². The summed E-state index contributed by atoms with van der Waals surface area (Å²) in [6.07, 6.45) is 5.02. The van der Waals surface area contributed by atoms with Crippen molar-refractivity contribution in [2.24, 2.45) is 11.7 Å². The molecule has 1 heterocycles. The Hall–Kier alpha value is -0.860. The van der Waals surface area contributed by atoms with Crippen LogP contribution in [0, 0.1) is 5.92 Å². The van der Waals surface area contributed by atoms with Gasteiger partial charge in [0.25, 0.3) is 0 Å². The van der Waals surface area contributed by atoms with Crippen LogP contribution < -0.4 is 5.73 Å². The molecule has 0 bridgehead atoms. The Bertz CT molecular complexity index is 398. The fourth-order valence-electron chi connectivity index (χ4n) is 3.57. The van der Waals surface area contributed by atoms with Gasteiger partial charge in [-0.2, -0.15) is 0 Å². The van der Waals surface area contributed by atoms with Crippen molar-refractivity contribution < 1.29 is 0 Å². The van der Waals surface area contributed by atoms with E-state index in [4.69, 9.17) is 5.73 Å². The first-order chi connectivity index (χ1) is 9.67. The van der Waals surface area contributed by atoms with E-state index in [0.29, 0.717) is 12.1 Å². The van der Waals surface area contributed by atoms with Crippen molar-refractivity contribution in [2.45, 2.75) is 58.5 Å². The van der Waals surface area contributed by atoms with Crippen LogP contribution in [-0.4, -0.2) is 24.0 Å². The van der Waals surface area contributed by atoms with E-state index in [0.717, 1.165) is 12.5 Å². The van der Waals surface area contributed by atoms with Gasteiger partial charge in [0.15, 0.2) is 0 Å². The molecule has 20 heavy (non-hydrogen) atoms. The standard InChI is InChI=1S/C18H30N2/c1-4-6-16-8-10-17(11-9-16)15(3)20-12-5-7-14(2)18(20)13-19/h8-11,14-15,18H,4-7,12-13,19H2,1-3H3. The zero-order chi connectivity index (χ0) is 14.5. The van der Waals surface area contributed by atoms with Crippen molar-refractivity contribution in [2.75, 3.05) is 13.1 Å². The Balaban J connectivity index is 2.10. The second-order valence-corrected chi connectivity index (χ2v) is 6.33. The highest BCUT2D eigenvalue weighted by Gasteiger charge is 2.30. The minimum absolute atomic E-state index is 0.474. The number of piperidine rings is 1. The summed E-state index contributed by atoms with van der Waals surface area (Å²) >= 11 is 0. The summed E-state index contributed by atoms with van der Waals surface area (Å²) in [5.41, 5.74) is 8.90. The van der Waals surface area contributed by atoms with Gasteiger partial charge < -0.3 is 5.73 Å². The maximum absolute atomic E-state index is 6.02. The van der Waals surface area contributed by atoms with E-state index in [-0.39, 0.29) is 0 Å². The lowest BCUT2D eigenvalue weighted by atomic mass is 9.88. The van der Waals surface area contributed by atoms with E-state index in [1.165, 1.54) is 43.4 Å². The molecule has 1 fully saturated rings. The van der Waals surface area contributed by atoms with Crippen LogP contribution in [0.25, 0.3) is 0 Å². The summed E-state index contributed by atoms with van der Waals surface area (Å²) in [6, 6.07) is 10.2. The summed E-state index contributed by atoms with van der Waals surface area (Å²) in [5.74, 6) is 0.718. The van der Waals surface area contributed by atoms with Gasteiger partial charge in [0, 0.05) is 18.6 Å². The number of nitrogens with zero attached hydrogens (tertiary/aromatic N) is 1. The molecule has 2 rings (SSSR count). The molecule has 2 N–H and O–H groups in total. The number of aryl methyl sites for hydroxylation is 1. The van der Waals surface area contributed by atoms with Crippen LogP contribution in [-0.2, 0) is 6.42 Å². The van der Waals surface area contributed by atoms with Crippen molar-refractivity contribution >= 4 is 0 Å². The minimum Gasteiger partial charge on any atom is -0.329 e. The Labute approximate surface area is 124 Å². The van der Waals surface area contributed by atoms with Crippen LogP contribution >= 0.6 is 0 Å². The van der Waals surface area contributed by atoms with Gasteiger partial charge in [0.1, 0.15) is 0 Å². The minimum atomic E-state index is 0.474. The molecule has 1 aromatic carbocycles. The first-order valence-electron chi connectivity index (χ1n) is 8.22. The molecule has 1 aliphatic heterocycles. The predicted octanol–water partition coefficient (Wildman–Crippen LogP) is 3.76. The molecule has 0 aliphatic carbocycles. The van der Waals surface area contributed by atoms with Crippen molar-refractivity contribution in [1.29, 1.82) is 0 Å². The fraction of sp³-hybridized carbons (Fsp3) is 0.667. The molecule has 0 amide bonds. The zero-order valence-corrected chi connectivity index (χ0v) is 13.3. The molecule has 0 spiro atoms. The largest absolute Gasteiger partial charge is 0.329 e. The third-order valence-corrected chi connectivity index (χ3v) is 4.90. The molecule has 1 saturated heterocycles. The lowest BCUT2D eigenvalue weighted by Gasteiger charge is -2.43. The molecule has 3 atom stereocenters. The molecule has 112 valence electrons. The highest BCUT2D eigenvalue weighted by molar-refractivity contribution is 5.25. The topological polar surface area (TPSA) is 29.3 Å². The van der Waals surface area contributed by atoms with Gasteiger partial charge in [-0.3, -0.25) is 4.90 Å². The average Bonchev–Trinajstić information content (AvgIpc) is 2.47. The molecule has 2 nitrogen and oxygen atoms in total. The molecule has 0 aromatic heterocycles. The normalized spacial score (nSPS) is 25.6. The van der Waals surface area contributed by atoms with Gasteiger partial charge in [0.2, 0.25) is 0 Å². The highest BCUT2D eigenvalue weighted by atomic mass is 15.2. The maximum atomic E-state index is 6.02. The van der Waals surface area contributed by atoms with E-state index in [1.807, 2.05) is 0 Å². The van der Waals surface area contributed by atoms with Crippen LogP contribution in [0.3, 0.4) is 0 Å². The first-order valence-corrected chi connectivity index (χ1v) is 8.22. The molecule has 1 aliphatic rings. The van der Waals surface area contributed by atoms with E-state index < -0.39 is 0 Å². The van der Waals surface area contributed by atoms with E-state index in [1.54, 1.807) is 0 Å². The predicted molar refractivity (Wildman–Crippen MR) is 86.8 cm³/mol. The average molecular weight is 274 g/mol. The number of rotatable bonds is 5. The number of nitrogens with two attached hydrogens (primary N) is 1. The Morgan fingerprint density at radius 3 is 2.60 bits per heavy atom. The van der Waals surface area contributed by atoms with E-state index >= 15 is 0 Å². The molecule has 1 aromatic rings. The summed E-state index contributed by atoms with van der Waals surface area (Å²) in [5, 5.41) is 0. The number of hydrogen-bond donors (Lipinski definition) is 1. The second kappa shape index (κ2) is 7.24. The van der Waals surface area contributed by atoms with Crippen LogP contribution in [0.1, 0.15) is 57.2 Å². The Kier molecular flexibility index (Phi) is 5.62. The molecule has 0 saturated carbocycles. The van der Waals surface area contributed by atoms with E-state index in [9.17, 15) is 0 Å². The van der Waals surface area contributed by atoms with Crippen molar-refractivity contribution in [3.63, 3.8) is 0 Å². The third-order valence-electron chi connectivity index (χ3n) is 4.90. The van der Waals surface area contributed by atoms with E-state index in [2.05, 4.69) is 49.9 Å². The first kappa shape index (κ1) is 15.5. The summed E-state index contributed by atoms with van der Waals surface area (Å²) in [7, 11) is 0. The number of likely N-dealkylation sites (tertiary alicyclic amines) is 1. The SMILES string of the molecule is CCCc1ccc(C(C)N2CCCC(C)C2CN)cc1. The second-order valence-electron chi connectivity index (χ2n) is 6.33. The number of benzene rings is 1. The quantitative estimate of drug-likeness (QED) is 0.886. The molecule has 3 unspecified atom stereocenters. The Morgan fingerprint density at radius 1 is 1.30 bits per heavy atom. The lowest BCUT2D eigenvalue weighted by Crippen LogP contribution is -2.49. The smallest absolute Gasteiger partial charge is 0.0323 e. The van der Waals surface area contributed by atoms with Crippen molar-refractivity contribution in [3.05, 3.63) is 35.4 Å². The van der Waals surface area contributed by atoms with Crippen molar-refractivity contribution in [1.82, 2.24) is 4.90 Å². The zero-order valence-electron chi connectivity index (χ0n) is 13.3. The fourth-order valence-corrected chi connectivity index (χ4v) is 3.57. The maximum Gasteiger partial charge on any atom is 0.0323 e. The summed E-state index contributed by atoms with van der Waals surface area (Å²) in [6.45, 7) is 8.87. The van der Waals surface area contributed by atoms with Gasteiger partial charge in [-0.15, -0.1) is 0 Å². The van der Waals surface area contributed by atoms with Gasteiger partial charge in [-0.05, 0) is 49.8 Å². The van der Waals surface area contributed by atoms with Gasteiger partial charge >= 0.3 is 0 Å². The van der Waals surface area contributed by atoms with Gasteiger partial charge in [0.05, 0.1) is 0 Å². The monoisotopic (exact) mass is 274 g/mol. The third kappa shape index (κ3) is 3.42. The van der Waals surface area contributed by atoms with Gasteiger partial charge in [-0.25, -0.2) is 0 Å². The highest BCUT2D eigenvalue weighted by Crippen LogP contribution is 2.31. The van der Waals surface area contributed by atoms with Crippen LogP contribution in [0.15, 0.2) is 24.3 Å². The molecule has 2 heteroatoms. The molecular formula is C18H30N2. The Morgan fingerprint density at radius 2 is 2.00 bits per heavy atom. The molecule has 0 radical (unpaired) electrons. The van der Waals surface area contributed by atoms with Crippen LogP contribution in [0.4, 0.5) is 0 Å². The lowest BCUT2D eigenvalue weighted by molar-refractivity contribution is 0.0690. The van der Waals surface area contributed by atoms with Gasteiger partial charge in [-0.1, -0.05) is 44.5 Å². The molecular weight excluding hydrogens is 244 g/mol.